The Morgan fingerprint density at radius 3 is 3.05 bits per heavy atom. The number of nitrogens with zero attached hydrogens (tertiary/aromatic N) is 3. The van der Waals surface area contributed by atoms with Crippen molar-refractivity contribution >= 4 is 23.6 Å². The van der Waals surface area contributed by atoms with Crippen molar-refractivity contribution in [3.05, 3.63) is 22.5 Å². The second kappa shape index (κ2) is 5.79. The Morgan fingerprint density at radius 1 is 1.52 bits per heavy atom. The summed E-state index contributed by atoms with van der Waals surface area (Å²) in [5, 5.41) is 8.04. The van der Waals surface area contributed by atoms with Gasteiger partial charge in [-0.05, 0) is 13.0 Å². The average molecular weight is 311 g/mol. The molecule has 2 atom stereocenters. The number of fused-ring (bicyclic) bond motifs is 1. The number of hydrogen-bond acceptors (Lipinski definition) is 4. The van der Waals surface area contributed by atoms with E-state index >= 15 is 0 Å². The van der Waals surface area contributed by atoms with E-state index in [1.165, 1.54) is 0 Å². The van der Waals surface area contributed by atoms with Crippen LogP contribution in [0, 0.1) is 6.92 Å². The van der Waals surface area contributed by atoms with Gasteiger partial charge in [-0.1, -0.05) is 11.6 Å². The normalized spacial score (nSPS) is 25.6. The zero-order valence-electron chi connectivity index (χ0n) is 12.2. The summed E-state index contributed by atoms with van der Waals surface area (Å²) in [6.45, 7) is 4.70. The van der Waals surface area contributed by atoms with Gasteiger partial charge in [0.15, 0.2) is 0 Å². The molecular formula is C14H19ClN4O2. The van der Waals surface area contributed by atoms with Crippen LogP contribution in [0.2, 0.25) is 5.15 Å². The fourth-order valence-corrected chi connectivity index (χ4v) is 3.19. The summed E-state index contributed by atoms with van der Waals surface area (Å²) in [5.74, 6) is -0.00341. The number of ether oxygens (including phenoxy) is 1. The van der Waals surface area contributed by atoms with E-state index in [1.807, 2.05) is 11.8 Å². The van der Waals surface area contributed by atoms with Crippen molar-refractivity contribution in [1.82, 2.24) is 20.0 Å². The van der Waals surface area contributed by atoms with Crippen molar-refractivity contribution in [2.24, 2.45) is 7.05 Å². The molecule has 0 aromatic carbocycles. The van der Waals surface area contributed by atoms with E-state index in [9.17, 15) is 4.79 Å². The highest BCUT2D eigenvalue weighted by Crippen LogP contribution is 2.21. The van der Waals surface area contributed by atoms with E-state index in [0.717, 1.165) is 24.3 Å². The van der Waals surface area contributed by atoms with Gasteiger partial charge in [0.25, 0.3) is 0 Å². The Bertz CT molecular complexity index is 584. The molecule has 6 nitrogen and oxygen atoms in total. The van der Waals surface area contributed by atoms with Crippen LogP contribution in [-0.4, -0.2) is 59.0 Å². The Labute approximate surface area is 128 Å². The van der Waals surface area contributed by atoms with Gasteiger partial charge in [0.1, 0.15) is 5.15 Å². The number of carbonyl (C=O) groups excluding carboxylic acids is 1. The third-order valence-electron chi connectivity index (χ3n) is 4.06. The van der Waals surface area contributed by atoms with Crippen molar-refractivity contribution < 1.29 is 9.53 Å². The second-order valence-electron chi connectivity index (χ2n) is 5.41. The Balaban J connectivity index is 1.75. The van der Waals surface area contributed by atoms with E-state index in [0.29, 0.717) is 18.3 Å². The molecule has 1 N–H and O–H groups in total. The average Bonchev–Trinajstić information content (AvgIpc) is 3.02. The fourth-order valence-electron chi connectivity index (χ4n) is 2.95. The Morgan fingerprint density at radius 2 is 2.33 bits per heavy atom. The second-order valence-corrected chi connectivity index (χ2v) is 5.77. The summed E-state index contributed by atoms with van der Waals surface area (Å²) < 4.78 is 7.28. The summed E-state index contributed by atoms with van der Waals surface area (Å²) in [5.41, 5.74) is 1.61. The first-order chi connectivity index (χ1) is 10.1. The molecule has 2 aliphatic heterocycles. The molecular weight excluding hydrogens is 292 g/mol. The minimum absolute atomic E-state index is 0.00341. The number of rotatable bonds is 2. The Hall–Kier alpha value is -1.37. The van der Waals surface area contributed by atoms with Gasteiger partial charge in [-0.2, -0.15) is 5.10 Å². The molecule has 2 saturated heterocycles. The van der Waals surface area contributed by atoms with Crippen molar-refractivity contribution in [3.63, 3.8) is 0 Å². The molecule has 114 valence electrons. The smallest absolute Gasteiger partial charge is 0.247 e. The van der Waals surface area contributed by atoms with Crippen molar-refractivity contribution in [2.75, 3.05) is 26.2 Å². The van der Waals surface area contributed by atoms with Gasteiger partial charge in [0.2, 0.25) is 5.91 Å². The minimum Gasteiger partial charge on any atom is -0.373 e. The molecule has 0 spiro atoms. The zero-order chi connectivity index (χ0) is 15.0. The van der Waals surface area contributed by atoms with Crippen LogP contribution < -0.4 is 5.32 Å². The van der Waals surface area contributed by atoms with Crippen LogP contribution in [0.25, 0.3) is 6.08 Å². The molecule has 1 aromatic rings. The van der Waals surface area contributed by atoms with Crippen LogP contribution in [0.4, 0.5) is 0 Å². The standard InChI is InChI=1S/C14H19ClN4O2/c1-9-10(14(15)18(2)17-9)3-4-13(20)19-5-6-21-12-8-16-7-11(12)19/h3-4,11-12,16H,5-8H2,1-2H3/b4-3+/t11-,12+/m1/s1. The molecule has 0 aliphatic carbocycles. The van der Waals surface area contributed by atoms with E-state index < -0.39 is 0 Å². The number of hydrogen-bond donors (Lipinski definition) is 1. The maximum Gasteiger partial charge on any atom is 0.247 e. The molecule has 1 amide bonds. The predicted molar refractivity (Wildman–Crippen MR) is 80.1 cm³/mol. The van der Waals surface area contributed by atoms with Gasteiger partial charge in [-0.15, -0.1) is 0 Å². The number of amides is 1. The van der Waals surface area contributed by atoms with Crippen LogP contribution in [0.3, 0.4) is 0 Å². The minimum atomic E-state index is -0.00341. The van der Waals surface area contributed by atoms with Gasteiger partial charge in [0, 0.05) is 38.3 Å². The molecule has 21 heavy (non-hydrogen) atoms. The van der Waals surface area contributed by atoms with Gasteiger partial charge in [-0.3, -0.25) is 9.48 Å². The maximum atomic E-state index is 12.4. The number of halogens is 1. The van der Waals surface area contributed by atoms with Gasteiger partial charge >= 0.3 is 0 Å². The topological polar surface area (TPSA) is 59.4 Å². The highest BCUT2D eigenvalue weighted by Gasteiger charge is 2.37. The highest BCUT2D eigenvalue weighted by molar-refractivity contribution is 6.31. The molecule has 0 unspecified atom stereocenters. The highest BCUT2D eigenvalue weighted by atomic mass is 35.5. The monoisotopic (exact) mass is 310 g/mol. The van der Waals surface area contributed by atoms with E-state index in [1.54, 1.807) is 23.9 Å². The molecule has 2 fully saturated rings. The summed E-state index contributed by atoms with van der Waals surface area (Å²) in [6.07, 6.45) is 3.44. The lowest BCUT2D eigenvalue weighted by Gasteiger charge is -2.36. The third-order valence-corrected chi connectivity index (χ3v) is 4.51. The maximum absolute atomic E-state index is 12.4. The Kier molecular flexibility index (Phi) is 4.01. The first-order valence-corrected chi connectivity index (χ1v) is 7.46. The third kappa shape index (κ3) is 2.71. The van der Waals surface area contributed by atoms with Crippen LogP contribution in [-0.2, 0) is 16.6 Å². The van der Waals surface area contributed by atoms with Crippen LogP contribution in [0.1, 0.15) is 11.3 Å². The molecule has 0 saturated carbocycles. The van der Waals surface area contributed by atoms with Gasteiger partial charge in [0.05, 0.1) is 24.4 Å². The lowest BCUT2D eigenvalue weighted by molar-refractivity contribution is -0.137. The molecule has 3 heterocycles. The number of morpholine rings is 1. The predicted octanol–water partition coefficient (Wildman–Crippen LogP) is 0.594. The first kappa shape index (κ1) is 14.6. The first-order valence-electron chi connectivity index (χ1n) is 7.08. The zero-order valence-corrected chi connectivity index (χ0v) is 12.9. The van der Waals surface area contributed by atoms with E-state index in [-0.39, 0.29) is 18.1 Å². The summed E-state index contributed by atoms with van der Waals surface area (Å²) in [4.78, 5) is 14.3. The van der Waals surface area contributed by atoms with Crippen LogP contribution in [0.5, 0.6) is 0 Å². The molecule has 0 radical (unpaired) electrons. The van der Waals surface area contributed by atoms with Crippen molar-refractivity contribution in [2.45, 2.75) is 19.1 Å². The SMILES string of the molecule is Cc1nn(C)c(Cl)c1/C=C/C(=O)N1CCO[C@H]2CNC[C@H]21. The molecule has 7 heteroatoms. The lowest BCUT2D eigenvalue weighted by atomic mass is 10.1. The molecule has 0 bridgehead atoms. The van der Waals surface area contributed by atoms with Crippen LogP contribution in [0.15, 0.2) is 6.08 Å². The molecule has 1 aromatic heterocycles. The van der Waals surface area contributed by atoms with Gasteiger partial charge < -0.3 is 15.0 Å². The lowest BCUT2D eigenvalue weighted by Crippen LogP contribution is -2.52. The number of aryl methyl sites for hydroxylation is 2. The molecule has 2 aliphatic rings. The quantitative estimate of drug-likeness (QED) is 0.813. The number of aromatic nitrogens is 2. The number of carbonyl (C=O) groups is 1. The number of nitrogens with one attached hydrogen (secondary N) is 1. The van der Waals surface area contributed by atoms with E-state index in [4.69, 9.17) is 16.3 Å². The van der Waals surface area contributed by atoms with E-state index in [2.05, 4.69) is 10.4 Å². The van der Waals surface area contributed by atoms with Crippen molar-refractivity contribution in [1.29, 1.82) is 0 Å². The molecule has 3 rings (SSSR count). The fraction of sp³-hybridized carbons (Fsp3) is 0.571. The summed E-state index contributed by atoms with van der Waals surface area (Å²) in [6, 6.07) is 0.126. The largest absolute Gasteiger partial charge is 0.373 e. The summed E-state index contributed by atoms with van der Waals surface area (Å²) in [7, 11) is 1.78. The van der Waals surface area contributed by atoms with Crippen molar-refractivity contribution in [3.8, 4) is 0 Å². The summed E-state index contributed by atoms with van der Waals surface area (Å²) >= 11 is 6.17. The van der Waals surface area contributed by atoms with Gasteiger partial charge in [-0.25, -0.2) is 0 Å². The van der Waals surface area contributed by atoms with Crippen LogP contribution >= 0.6 is 11.6 Å².